The maximum Gasteiger partial charge on any atom is 0.249 e. The van der Waals surface area contributed by atoms with E-state index in [4.69, 9.17) is 25.9 Å². The van der Waals surface area contributed by atoms with Crippen LogP contribution in [-0.2, 0) is 16.1 Å². The zero-order valence-corrected chi connectivity index (χ0v) is 21.5. The highest BCUT2D eigenvalue weighted by molar-refractivity contribution is 5.99. The standard InChI is InChI=1S/C28H29N7O4/c1-38-15-5-9-24(36)34-13-4-8-23(34)28-33-22(25-26(29)32-12-14-35(25)28)17-39-18-10-11-31-21(16-18)19-6-2-3-7-20(19)27(30)37/h2-3,5-7,9-12,14,16,23H,4,8,13,15,17H2,1H3,(H2,29,32)(H2,30,37)/b9-5+/t23-/m0/s1. The predicted molar refractivity (Wildman–Crippen MR) is 145 cm³/mol. The fourth-order valence-corrected chi connectivity index (χ4v) is 4.86. The molecular weight excluding hydrogens is 498 g/mol. The number of carbonyl (C=O) groups excluding carboxylic acids is 2. The van der Waals surface area contributed by atoms with Gasteiger partial charge in [0.2, 0.25) is 11.8 Å². The molecule has 200 valence electrons. The Bertz CT molecular complexity index is 1550. The van der Waals surface area contributed by atoms with Crippen LogP contribution in [0.2, 0.25) is 0 Å². The first-order valence-corrected chi connectivity index (χ1v) is 12.5. The Labute approximate surface area is 225 Å². The molecule has 4 N–H and O–H groups in total. The highest BCUT2D eigenvalue weighted by Gasteiger charge is 2.33. The molecule has 1 aliphatic heterocycles. The van der Waals surface area contributed by atoms with Crippen LogP contribution in [0.4, 0.5) is 5.82 Å². The summed E-state index contributed by atoms with van der Waals surface area (Å²) in [6.07, 6.45) is 9.89. The normalized spacial score (nSPS) is 15.3. The van der Waals surface area contributed by atoms with Crippen molar-refractivity contribution >= 4 is 23.1 Å². The van der Waals surface area contributed by atoms with Crippen molar-refractivity contribution in [2.75, 3.05) is 26.0 Å². The molecule has 39 heavy (non-hydrogen) atoms. The van der Waals surface area contributed by atoms with Gasteiger partial charge in [-0.15, -0.1) is 0 Å². The number of primary amides is 1. The lowest BCUT2D eigenvalue weighted by atomic mass is 10.0. The van der Waals surface area contributed by atoms with E-state index in [0.29, 0.717) is 58.6 Å². The number of hydrogen-bond acceptors (Lipinski definition) is 8. The zero-order valence-electron chi connectivity index (χ0n) is 21.5. The number of anilines is 1. The van der Waals surface area contributed by atoms with Crippen LogP contribution in [0.3, 0.4) is 0 Å². The average Bonchev–Trinajstić information content (AvgIpc) is 3.58. The summed E-state index contributed by atoms with van der Waals surface area (Å²) < 4.78 is 13.0. The molecule has 0 aliphatic carbocycles. The third-order valence-corrected chi connectivity index (χ3v) is 6.62. The van der Waals surface area contributed by atoms with Crippen molar-refractivity contribution in [2.45, 2.75) is 25.5 Å². The van der Waals surface area contributed by atoms with Crippen LogP contribution >= 0.6 is 0 Å². The number of benzene rings is 1. The van der Waals surface area contributed by atoms with Crippen molar-refractivity contribution in [1.29, 1.82) is 0 Å². The van der Waals surface area contributed by atoms with E-state index in [2.05, 4.69) is 9.97 Å². The van der Waals surface area contributed by atoms with E-state index in [9.17, 15) is 9.59 Å². The van der Waals surface area contributed by atoms with Crippen molar-refractivity contribution in [2.24, 2.45) is 5.73 Å². The van der Waals surface area contributed by atoms with E-state index in [1.807, 2.05) is 15.4 Å². The predicted octanol–water partition coefficient (Wildman–Crippen LogP) is 2.92. The third-order valence-electron chi connectivity index (χ3n) is 6.62. The van der Waals surface area contributed by atoms with E-state index < -0.39 is 5.91 Å². The molecule has 1 atom stereocenters. The fourth-order valence-electron chi connectivity index (χ4n) is 4.86. The summed E-state index contributed by atoms with van der Waals surface area (Å²) in [6, 6.07) is 10.3. The van der Waals surface area contributed by atoms with Crippen LogP contribution in [-0.4, -0.2) is 56.3 Å². The average molecular weight is 528 g/mol. The first-order valence-electron chi connectivity index (χ1n) is 12.5. The van der Waals surface area contributed by atoms with Crippen LogP contribution in [0.15, 0.2) is 67.1 Å². The maximum atomic E-state index is 12.9. The number of nitrogen functional groups attached to an aromatic ring is 1. The zero-order chi connectivity index (χ0) is 27.4. The number of aromatic nitrogens is 4. The number of hydrogen-bond donors (Lipinski definition) is 2. The molecule has 1 fully saturated rings. The summed E-state index contributed by atoms with van der Waals surface area (Å²) in [5.41, 5.74) is 14.6. The molecule has 3 aromatic heterocycles. The van der Waals surface area contributed by atoms with Crippen molar-refractivity contribution < 1.29 is 19.1 Å². The molecule has 5 rings (SSSR count). The Morgan fingerprint density at radius 3 is 2.85 bits per heavy atom. The fraction of sp³-hybridized carbons (Fsp3) is 0.250. The molecule has 1 aromatic carbocycles. The summed E-state index contributed by atoms with van der Waals surface area (Å²) in [6.45, 7) is 1.11. The van der Waals surface area contributed by atoms with Gasteiger partial charge < -0.3 is 25.8 Å². The largest absolute Gasteiger partial charge is 0.487 e. The Morgan fingerprint density at radius 2 is 2.03 bits per heavy atom. The van der Waals surface area contributed by atoms with Crippen LogP contribution < -0.4 is 16.2 Å². The van der Waals surface area contributed by atoms with Crippen molar-refractivity contribution in [3.63, 3.8) is 0 Å². The topological polar surface area (TPSA) is 151 Å². The number of methoxy groups -OCH3 is 1. The van der Waals surface area contributed by atoms with E-state index in [-0.39, 0.29) is 18.6 Å². The van der Waals surface area contributed by atoms with Gasteiger partial charge in [0.05, 0.1) is 18.3 Å². The number of pyridine rings is 1. The Hall–Kier alpha value is -4.77. The lowest BCUT2D eigenvalue weighted by molar-refractivity contribution is -0.127. The number of rotatable bonds is 9. The van der Waals surface area contributed by atoms with Gasteiger partial charge in [0.15, 0.2) is 0 Å². The summed E-state index contributed by atoms with van der Waals surface area (Å²) in [4.78, 5) is 40.1. The van der Waals surface area contributed by atoms with Gasteiger partial charge in [-0.05, 0) is 25.0 Å². The van der Waals surface area contributed by atoms with Crippen molar-refractivity contribution in [1.82, 2.24) is 24.3 Å². The van der Waals surface area contributed by atoms with Gasteiger partial charge in [0.1, 0.15) is 35.2 Å². The van der Waals surface area contributed by atoms with Crippen LogP contribution in [0.1, 0.15) is 40.8 Å². The van der Waals surface area contributed by atoms with E-state index >= 15 is 0 Å². The van der Waals surface area contributed by atoms with Gasteiger partial charge in [0, 0.05) is 55.5 Å². The molecule has 4 heterocycles. The number of ether oxygens (including phenoxy) is 2. The molecule has 11 nitrogen and oxygen atoms in total. The monoisotopic (exact) mass is 527 g/mol. The third kappa shape index (κ3) is 5.30. The first kappa shape index (κ1) is 25.9. The quantitative estimate of drug-likeness (QED) is 0.315. The van der Waals surface area contributed by atoms with E-state index in [1.165, 1.54) is 6.08 Å². The van der Waals surface area contributed by atoms with Crippen LogP contribution in [0.25, 0.3) is 16.8 Å². The molecule has 2 amide bonds. The number of nitrogens with zero attached hydrogens (tertiary/aromatic N) is 5. The smallest absolute Gasteiger partial charge is 0.249 e. The highest BCUT2D eigenvalue weighted by Crippen LogP contribution is 2.34. The first-order chi connectivity index (χ1) is 19.0. The van der Waals surface area contributed by atoms with Gasteiger partial charge in [-0.3, -0.25) is 19.0 Å². The van der Waals surface area contributed by atoms with Gasteiger partial charge in [-0.1, -0.05) is 24.3 Å². The maximum absolute atomic E-state index is 12.9. The van der Waals surface area contributed by atoms with Gasteiger partial charge in [-0.25, -0.2) is 9.97 Å². The second kappa shape index (κ2) is 11.3. The number of carbonyl (C=O) groups is 2. The highest BCUT2D eigenvalue weighted by atomic mass is 16.5. The van der Waals surface area contributed by atoms with E-state index in [1.54, 1.807) is 62.1 Å². The summed E-state index contributed by atoms with van der Waals surface area (Å²) >= 11 is 0. The summed E-state index contributed by atoms with van der Waals surface area (Å²) in [7, 11) is 1.58. The number of nitrogens with two attached hydrogens (primary N) is 2. The van der Waals surface area contributed by atoms with Crippen molar-refractivity contribution in [3.05, 3.63) is 84.2 Å². The van der Waals surface area contributed by atoms with Crippen LogP contribution in [0.5, 0.6) is 5.75 Å². The molecule has 0 unspecified atom stereocenters. The Kier molecular flexibility index (Phi) is 7.50. The lowest BCUT2D eigenvalue weighted by Crippen LogP contribution is -2.30. The molecule has 4 aromatic rings. The SMILES string of the molecule is COC/C=C/C(=O)N1CCC[C@H]1c1nc(COc2ccnc(-c3ccccc3C(N)=O)c2)c2c(N)nccn12. The second-order valence-corrected chi connectivity index (χ2v) is 9.07. The van der Waals surface area contributed by atoms with Crippen LogP contribution in [0, 0.1) is 0 Å². The summed E-state index contributed by atoms with van der Waals surface area (Å²) in [5, 5.41) is 0. The Balaban J connectivity index is 1.43. The number of fused-ring (bicyclic) bond motifs is 1. The van der Waals surface area contributed by atoms with Gasteiger partial charge in [-0.2, -0.15) is 0 Å². The molecule has 1 aliphatic rings. The van der Waals surface area contributed by atoms with E-state index in [0.717, 1.165) is 12.8 Å². The lowest BCUT2D eigenvalue weighted by Gasteiger charge is -2.22. The minimum Gasteiger partial charge on any atom is -0.487 e. The van der Waals surface area contributed by atoms with Gasteiger partial charge >= 0.3 is 0 Å². The molecule has 1 saturated heterocycles. The molecule has 0 saturated carbocycles. The molecule has 11 heteroatoms. The minimum atomic E-state index is -0.535. The Morgan fingerprint density at radius 1 is 1.18 bits per heavy atom. The van der Waals surface area contributed by atoms with Crippen molar-refractivity contribution in [3.8, 4) is 17.0 Å². The molecular formula is C28H29N7O4. The number of imidazole rings is 1. The minimum absolute atomic E-state index is 0.0910. The molecule has 0 spiro atoms. The molecule has 0 radical (unpaired) electrons. The second-order valence-electron chi connectivity index (χ2n) is 9.07. The molecule has 0 bridgehead atoms. The number of likely N-dealkylation sites (tertiary alicyclic amines) is 1. The van der Waals surface area contributed by atoms with Gasteiger partial charge in [0.25, 0.3) is 0 Å². The summed E-state index contributed by atoms with van der Waals surface area (Å²) in [5.74, 6) is 0.926. The number of amides is 2.